The van der Waals surface area contributed by atoms with E-state index in [-0.39, 0.29) is 24.1 Å². The molecule has 1 atom stereocenters. The van der Waals surface area contributed by atoms with Gasteiger partial charge in [-0.25, -0.2) is 9.37 Å². The zero-order valence-corrected chi connectivity index (χ0v) is 12.9. The first-order chi connectivity index (χ1) is 10.6. The number of thiazole rings is 1. The van der Waals surface area contributed by atoms with Gasteiger partial charge in [-0.05, 0) is 17.7 Å². The van der Waals surface area contributed by atoms with E-state index in [1.165, 1.54) is 23.5 Å². The Morgan fingerprint density at radius 1 is 1.45 bits per heavy atom. The molecule has 0 spiro atoms. The molecule has 1 amide bonds. The van der Waals surface area contributed by atoms with Crippen LogP contribution in [0.15, 0.2) is 29.8 Å². The second-order valence-electron chi connectivity index (χ2n) is 5.20. The van der Waals surface area contributed by atoms with Gasteiger partial charge in [0.15, 0.2) is 4.96 Å². The van der Waals surface area contributed by atoms with Crippen molar-refractivity contribution >= 4 is 33.8 Å². The van der Waals surface area contributed by atoms with Gasteiger partial charge >= 0.3 is 0 Å². The van der Waals surface area contributed by atoms with Crippen molar-refractivity contribution in [3.05, 3.63) is 57.6 Å². The number of hydrogen-bond donors (Lipinski definition) is 1. The number of nitrogens with one attached hydrogen (secondary N) is 1. The molecule has 22 heavy (non-hydrogen) atoms. The van der Waals surface area contributed by atoms with Gasteiger partial charge in [-0.2, -0.15) is 0 Å². The zero-order valence-electron chi connectivity index (χ0n) is 11.3. The zero-order chi connectivity index (χ0) is 15.3. The van der Waals surface area contributed by atoms with Crippen LogP contribution in [-0.4, -0.2) is 15.3 Å². The number of nitrogens with zero attached hydrogens (tertiary/aromatic N) is 2. The van der Waals surface area contributed by atoms with Crippen LogP contribution < -0.4 is 5.32 Å². The monoisotopic (exact) mass is 335 g/mol. The number of hydrogen-bond acceptors (Lipinski definition) is 3. The lowest BCUT2D eigenvalue weighted by Gasteiger charge is -2.16. The fourth-order valence-corrected chi connectivity index (χ4v) is 3.96. The third-order valence-corrected chi connectivity index (χ3v) is 4.97. The van der Waals surface area contributed by atoms with E-state index in [9.17, 15) is 9.18 Å². The summed E-state index contributed by atoms with van der Waals surface area (Å²) < 4.78 is 15.3. The summed E-state index contributed by atoms with van der Waals surface area (Å²) >= 11 is 7.76. The Bertz CT molecular complexity index is 888. The van der Waals surface area contributed by atoms with Crippen molar-refractivity contribution in [3.8, 4) is 0 Å². The van der Waals surface area contributed by atoms with E-state index in [1.807, 2.05) is 16.0 Å². The number of amides is 1. The molecule has 0 saturated heterocycles. The van der Waals surface area contributed by atoms with Gasteiger partial charge in [0.2, 0.25) is 5.91 Å². The van der Waals surface area contributed by atoms with Crippen molar-refractivity contribution in [1.29, 1.82) is 0 Å². The van der Waals surface area contributed by atoms with Crippen LogP contribution in [0.3, 0.4) is 0 Å². The average molecular weight is 336 g/mol. The van der Waals surface area contributed by atoms with Gasteiger partial charge in [-0.1, -0.05) is 17.7 Å². The molecule has 1 aromatic carbocycles. The molecule has 0 saturated carbocycles. The highest BCUT2D eigenvalue weighted by atomic mass is 35.5. The molecule has 0 bridgehead atoms. The minimum absolute atomic E-state index is 0.0626. The van der Waals surface area contributed by atoms with Crippen LogP contribution in [-0.2, 0) is 11.3 Å². The summed E-state index contributed by atoms with van der Waals surface area (Å²) in [5, 5.41) is 5.13. The maximum Gasteiger partial charge on any atom is 0.221 e. The second-order valence-corrected chi connectivity index (χ2v) is 6.48. The summed E-state index contributed by atoms with van der Waals surface area (Å²) in [6.07, 6.45) is 2.20. The van der Waals surface area contributed by atoms with Crippen LogP contribution in [0.5, 0.6) is 0 Å². The largest absolute Gasteiger partial charge is 0.350 e. The normalized spacial score (nSPS) is 18.1. The Balaban J connectivity index is 1.95. The van der Waals surface area contributed by atoms with Crippen LogP contribution in [0.2, 0.25) is 5.02 Å². The van der Waals surface area contributed by atoms with Crippen LogP contribution >= 0.6 is 22.9 Å². The quantitative estimate of drug-likeness (QED) is 0.741. The van der Waals surface area contributed by atoms with Gasteiger partial charge in [0.05, 0.1) is 17.9 Å². The molecule has 2 aromatic heterocycles. The number of fused-ring (bicyclic) bond motifs is 3. The van der Waals surface area contributed by atoms with Crippen molar-refractivity contribution in [2.75, 3.05) is 0 Å². The van der Waals surface area contributed by atoms with E-state index >= 15 is 0 Å². The van der Waals surface area contributed by atoms with Crippen molar-refractivity contribution in [3.63, 3.8) is 0 Å². The van der Waals surface area contributed by atoms with E-state index in [4.69, 9.17) is 11.6 Å². The van der Waals surface area contributed by atoms with Gasteiger partial charge < -0.3 is 5.32 Å². The third-order valence-electron chi connectivity index (χ3n) is 3.89. The Kier molecular flexibility index (Phi) is 3.16. The number of imidazole rings is 1. The van der Waals surface area contributed by atoms with E-state index in [2.05, 4.69) is 10.3 Å². The fraction of sp³-hybridized carbons (Fsp3) is 0.200. The molecule has 0 radical (unpaired) electrons. The molecular weight excluding hydrogens is 325 g/mol. The summed E-state index contributed by atoms with van der Waals surface area (Å²) in [6.45, 7) is 0.401. The minimum atomic E-state index is -0.388. The smallest absolute Gasteiger partial charge is 0.221 e. The highest BCUT2D eigenvalue weighted by Gasteiger charge is 2.30. The molecule has 1 aliphatic heterocycles. The molecule has 7 heteroatoms. The van der Waals surface area contributed by atoms with E-state index in [0.29, 0.717) is 11.6 Å². The topological polar surface area (TPSA) is 46.4 Å². The maximum atomic E-state index is 13.3. The number of carbonyl (C=O) groups excluding carboxylic acids is 1. The number of benzene rings is 1. The second kappa shape index (κ2) is 5.07. The van der Waals surface area contributed by atoms with Crippen LogP contribution in [0.25, 0.3) is 4.96 Å². The first kappa shape index (κ1) is 13.7. The molecule has 3 aromatic rings. The van der Waals surface area contributed by atoms with E-state index in [0.717, 1.165) is 21.9 Å². The maximum absolute atomic E-state index is 13.3. The standard InChI is InChI=1S/C15H11ClFN3OS/c16-11-5-8(17)1-2-9(11)10-6-13(21)18-7-12-14(10)20-3-4-22-15(20)19-12/h1-5,10H,6-7H2,(H,18,21). The molecule has 0 fully saturated rings. The van der Waals surface area contributed by atoms with Gasteiger partial charge in [-0.3, -0.25) is 9.20 Å². The molecule has 112 valence electrons. The molecule has 1 aliphatic rings. The molecule has 3 heterocycles. The highest BCUT2D eigenvalue weighted by Crippen LogP contribution is 2.37. The van der Waals surface area contributed by atoms with Crippen molar-refractivity contribution in [2.24, 2.45) is 0 Å². The molecule has 1 unspecified atom stereocenters. The lowest BCUT2D eigenvalue weighted by Crippen LogP contribution is -2.21. The first-order valence-electron chi connectivity index (χ1n) is 6.79. The third kappa shape index (κ3) is 2.10. The average Bonchev–Trinajstić information content (AvgIpc) is 2.99. The predicted octanol–water partition coefficient (Wildman–Crippen LogP) is 3.34. The summed E-state index contributed by atoms with van der Waals surface area (Å²) in [6, 6.07) is 4.30. The van der Waals surface area contributed by atoms with Crippen LogP contribution in [0.4, 0.5) is 4.39 Å². The van der Waals surface area contributed by atoms with Crippen LogP contribution in [0, 0.1) is 5.82 Å². The lowest BCUT2D eigenvalue weighted by molar-refractivity contribution is -0.121. The van der Waals surface area contributed by atoms with Crippen molar-refractivity contribution in [2.45, 2.75) is 18.9 Å². The number of carbonyl (C=O) groups is 1. The Labute approximate surface area is 134 Å². The summed E-state index contributed by atoms with van der Waals surface area (Å²) in [4.78, 5) is 17.5. The predicted molar refractivity (Wildman–Crippen MR) is 82.8 cm³/mol. The van der Waals surface area contributed by atoms with Gasteiger partial charge in [0.25, 0.3) is 0 Å². The lowest BCUT2D eigenvalue weighted by atomic mass is 9.91. The van der Waals surface area contributed by atoms with E-state index in [1.54, 1.807) is 6.07 Å². The molecule has 4 rings (SSSR count). The van der Waals surface area contributed by atoms with Crippen molar-refractivity contribution in [1.82, 2.24) is 14.7 Å². The van der Waals surface area contributed by atoms with E-state index < -0.39 is 0 Å². The minimum Gasteiger partial charge on any atom is -0.350 e. The first-order valence-corrected chi connectivity index (χ1v) is 8.05. The van der Waals surface area contributed by atoms with Gasteiger partial charge in [0.1, 0.15) is 5.82 Å². The Morgan fingerprint density at radius 3 is 3.14 bits per heavy atom. The van der Waals surface area contributed by atoms with Gasteiger partial charge in [0, 0.05) is 28.9 Å². The SMILES string of the molecule is O=C1CC(c2ccc(F)cc2Cl)c2c(nc3sccn23)CN1. The molecule has 0 aliphatic carbocycles. The molecule has 1 N–H and O–H groups in total. The molecular formula is C15H11ClFN3OS. The Hall–Kier alpha value is -1.92. The summed E-state index contributed by atoms with van der Waals surface area (Å²) in [5.41, 5.74) is 2.53. The summed E-state index contributed by atoms with van der Waals surface area (Å²) in [5.74, 6) is -0.691. The number of halogens is 2. The number of aromatic nitrogens is 2. The fourth-order valence-electron chi connectivity index (χ4n) is 2.93. The molecule has 4 nitrogen and oxygen atoms in total. The summed E-state index contributed by atoms with van der Waals surface area (Å²) in [7, 11) is 0. The number of rotatable bonds is 1. The Morgan fingerprint density at radius 2 is 2.32 bits per heavy atom. The van der Waals surface area contributed by atoms with Crippen molar-refractivity contribution < 1.29 is 9.18 Å². The van der Waals surface area contributed by atoms with Gasteiger partial charge in [-0.15, -0.1) is 11.3 Å². The highest BCUT2D eigenvalue weighted by molar-refractivity contribution is 7.15. The van der Waals surface area contributed by atoms with Crippen LogP contribution in [0.1, 0.15) is 29.3 Å².